The van der Waals surface area contributed by atoms with Gasteiger partial charge < -0.3 is 15.9 Å². The van der Waals surface area contributed by atoms with Crippen LogP contribution in [0.2, 0.25) is 0 Å². The number of nitrogens with two attached hydrogens (primary N) is 1. The van der Waals surface area contributed by atoms with E-state index in [2.05, 4.69) is 10.5 Å². The van der Waals surface area contributed by atoms with Crippen molar-refractivity contribution in [3.63, 3.8) is 0 Å². The van der Waals surface area contributed by atoms with Gasteiger partial charge in [-0.3, -0.25) is 0 Å². The van der Waals surface area contributed by atoms with Gasteiger partial charge in [0, 0.05) is 23.6 Å². The molecule has 1 heterocycles. The molecule has 7 heteroatoms. The molecule has 2 aromatic rings. The summed E-state index contributed by atoms with van der Waals surface area (Å²) in [4.78, 5) is 2.93. The van der Waals surface area contributed by atoms with E-state index in [1.54, 1.807) is 12.3 Å². The molecule has 0 saturated heterocycles. The van der Waals surface area contributed by atoms with E-state index in [0.717, 1.165) is 10.9 Å². The minimum absolute atomic E-state index is 0. The molecule has 96 valence electrons. The van der Waals surface area contributed by atoms with E-state index in [1.165, 1.54) is 12.1 Å². The van der Waals surface area contributed by atoms with E-state index in [9.17, 15) is 4.39 Å². The lowest BCUT2D eigenvalue weighted by molar-refractivity contribution is 0.129. The summed E-state index contributed by atoms with van der Waals surface area (Å²) in [5, 5.41) is 9.75. The van der Waals surface area contributed by atoms with Crippen LogP contribution in [0.3, 0.4) is 0 Å². The Labute approximate surface area is 110 Å². The summed E-state index contributed by atoms with van der Waals surface area (Å²) in [6.45, 7) is 0.265. The molecule has 1 aromatic heterocycles. The maximum Gasteiger partial charge on any atom is 0.125 e. The molecule has 0 aliphatic rings. The first kappa shape index (κ1) is 16.1. The van der Waals surface area contributed by atoms with Gasteiger partial charge in [0.1, 0.15) is 5.82 Å². The average Bonchev–Trinajstić information content (AvgIpc) is 2.63. The zero-order chi connectivity index (χ0) is 10.8. The molecule has 0 saturated carbocycles. The van der Waals surface area contributed by atoms with Crippen molar-refractivity contribution in [2.24, 2.45) is 5.73 Å². The quantitative estimate of drug-likeness (QED) is 0.651. The van der Waals surface area contributed by atoms with Gasteiger partial charge in [-0.2, -0.15) is 5.48 Å². The van der Waals surface area contributed by atoms with Crippen molar-refractivity contribution < 1.29 is 9.60 Å². The third kappa shape index (κ3) is 3.08. The SMILES string of the molecule is Cl.Cl.NCC(NO)c1c[nH]c2cc(F)ccc12. The summed E-state index contributed by atoms with van der Waals surface area (Å²) < 4.78 is 12.9. The van der Waals surface area contributed by atoms with E-state index >= 15 is 0 Å². The van der Waals surface area contributed by atoms with Crippen molar-refractivity contribution in [1.29, 1.82) is 0 Å². The summed E-state index contributed by atoms with van der Waals surface area (Å²) in [6, 6.07) is 4.11. The fourth-order valence-corrected chi connectivity index (χ4v) is 1.66. The van der Waals surface area contributed by atoms with Gasteiger partial charge in [0.2, 0.25) is 0 Å². The van der Waals surface area contributed by atoms with E-state index in [4.69, 9.17) is 10.9 Å². The van der Waals surface area contributed by atoms with Gasteiger partial charge in [0.25, 0.3) is 0 Å². The van der Waals surface area contributed by atoms with Crippen LogP contribution in [-0.2, 0) is 0 Å². The third-order valence-corrected chi connectivity index (χ3v) is 2.44. The highest BCUT2D eigenvalue weighted by Gasteiger charge is 2.13. The number of hydrogen-bond donors (Lipinski definition) is 4. The van der Waals surface area contributed by atoms with Gasteiger partial charge in [-0.1, -0.05) is 0 Å². The Bertz CT molecular complexity index is 474. The van der Waals surface area contributed by atoms with Crippen LogP contribution in [0.15, 0.2) is 24.4 Å². The van der Waals surface area contributed by atoms with Crippen molar-refractivity contribution in [2.45, 2.75) is 6.04 Å². The highest BCUT2D eigenvalue weighted by Crippen LogP contribution is 2.23. The van der Waals surface area contributed by atoms with Crippen LogP contribution in [-0.4, -0.2) is 16.7 Å². The summed E-state index contributed by atoms with van der Waals surface area (Å²) in [6.07, 6.45) is 1.71. The number of aromatic nitrogens is 1. The van der Waals surface area contributed by atoms with Gasteiger partial charge in [-0.15, -0.1) is 24.8 Å². The Balaban J connectivity index is 0.00000128. The van der Waals surface area contributed by atoms with E-state index in [1.807, 2.05) is 0 Å². The molecular formula is C10H14Cl2FN3O. The molecule has 1 aromatic carbocycles. The number of fused-ring (bicyclic) bond motifs is 1. The highest BCUT2D eigenvalue weighted by molar-refractivity contribution is 5.85. The zero-order valence-corrected chi connectivity index (χ0v) is 10.4. The highest BCUT2D eigenvalue weighted by atomic mass is 35.5. The van der Waals surface area contributed by atoms with E-state index in [-0.39, 0.29) is 43.2 Å². The normalized spacial score (nSPS) is 11.7. The third-order valence-electron chi connectivity index (χ3n) is 2.44. The fourth-order valence-electron chi connectivity index (χ4n) is 1.66. The molecule has 0 radical (unpaired) electrons. The molecule has 0 aliphatic carbocycles. The Morgan fingerprint density at radius 2 is 2.12 bits per heavy atom. The van der Waals surface area contributed by atoms with Crippen LogP contribution in [0.1, 0.15) is 11.6 Å². The molecule has 0 amide bonds. The molecule has 1 unspecified atom stereocenters. The number of nitrogens with one attached hydrogen (secondary N) is 2. The second-order valence-electron chi connectivity index (χ2n) is 3.35. The Morgan fingerprint density at radius 1 is 1.41 bits per heavy atom. The summed E-state index contributed by atoms with van der Waals surface area (Å²) >= 11 is 0. The first-order valence-corrected chi connectivity index (χ1v) is 4.62. The van der Waals surface area contributed by atoms with Gasteiger partial charge in [-0.25, -0.2) is 4.39 Å². The van der Waals surface area contributed by atoms with Crippen molar-refractivity contribution in [1.82, 2.24) is 10.5 Å². The first-order chi connectivity index (χ1) is 7.26. The lowest BCUT2D eigenvalue weighted by atomic mass is 10.1. The minimum atomic E-state index is -0.343. The molecule has 0 fully saturated rings. The number of aromatic amines is 1. The predicted molar refractivity (Wildman–Crippen MR) is 69.5 cm³/mol. The Kier molecular flexibility index (Phi) is 6.44. The van der Waals surface area contributed by atoms with Gasteiger partial charge in [-0.05, 0) is 23.8 Å². The van der Waals surface area contributed by atoms with Crippen molar-refractivity contribution in [2.75, 3.05) is 6.54 Å². The fraction of sp³-hybridized carbons (Fsp3) is 0.200. The molecule has 17 heavy (non-hydrogen) atoms. The average molecular weight is 282 g/mol. The van der Waals surface area contributed by atoms with Gasteiger partial charge >= 0.3 is 0 Å². The first-order valence-electron chi connectivity index (χ1n) is 4.62. The van der Waals surface area contributed by atoms with Crippen molar-refractivity contribution >= 4 is 35.7 Å². The summed E-state index contributed by atoms with van der Waals surface area (Å²) in [5.41, 5.74) is 9.13. The van der Waals surface area contributed by atoms with Crippen LogP contribution in [0, 0.1) is 5.82 Å². The molecular weight excluding hydrogens is 268 g/mol. The van der Waals surface area contributed by atoms with Crippen LogP contribution in [0.25, 0.3) is 10.9 Å². The van der Waals surface area contributed by atoms with Crippen LogP contribution in [0.4, 0.5) is 4.39 Å². The monoisotopic (exact) mass is 281 g/mol. The molecule has 1 atom stereocenters. The topological polar surface area (TPSA) is 74.1 Å². The standard InChI is InChI=1S/C10H12FN3O.2ClH/c11-6-1-2-7-8(10(4-12)14-15)5-13-9(7)3-6;;/h1-3,5,10,13-15H,4,12H2;2*1H. The molecule has 0 bridgehead atoms. The van der Waals surface area contributed by atoms with Crippen LogP contribution >= 0.6 is 24.8 Å². The van der Waals surface area contributed by atoms with E-state index < -0.39 is 0 Å². The van der Waals surface area contributed by atoms with Crippen LogP contribution < -0.4 is 11.2 Å². The number of halogens is 3. The molecule has 2 rings (SSSR count). The second kappa shape index (κ2) is 6.78. The number of hydrogen-bond acceptors (Lipinski definition) is 3. The number of H-pyrrole nitrogens is 1. The Morgan fingerprint density at radius 3 is 2.71 bits per heavy atom. The molecule has 5 N–H and O–H groups in total. The molecule has 0 spiro atoms. The maximum atomic E-state index is 12.9. The lowest BCUT2D eigenvalue weighted by Gasteiger charge is -2.10. The van der Waals surface area contributed by atoms with Gasteiger partial charge in [0.15, 0.2) is 0 Å². The van der Waals surface area contributed by atoms with E-state index in [0.29, 0.717) is 5.52 Å². The van der Waals surface area contributed by atoms with Crippen molar-refractivity contribution in [3.05, 3.63) is 35.8 Å². The van der Waals surface area contributed by atoms with Gasteiger partial charge in [0.05, 0.1) is 6.04 Å². The Hall–Kier alpha value is -0.850. The number of benzene rings is 1. The summed E-state index contributed by atoms with van der Waals surface area (Å²) in [5.74, 6) is -0.294. The molecule has 0 aliphatic heterocycles. The molecule has 4 nitrogen and oxygen atoms in total. The number of rotatable bonds is 3. The van der Waals surface area contributed by atoms with Crippen LogP contribution in [0.5, 0.6) is 0 Å². The minimum Gasteiger partial charge on any atom is -0.361 e. The second-order valence-corrected chi connectivity index (χ2v) is 3.35. The smallest absolute Gasteiger partial charge is 0.125 e. The maximum absolute atomic E-state index is 12.9. The van der Waals surface area contributed by atoms with Crippen molar-refractivity contribution in [3.8, 4) is 0 Å². The number of hydroxylamine groups is 1. The summed E-state index contributed by atoms with van der Waals surface area (Å²) in [7, 11) is 0. The zero-order valence-electron chi connectivity index (χ0n) is 8.81. The lowest BCUT2D eigenvalue weighted by Crippen LogP contribution is -2.25. The predicted octanol–water partition coefficient (Wildman–Crippen LogP) is 2.13. The largest absolute Gasteiger partial charge is 0.361 e.